The van der Waals surface area contributed by atoms with Crippen molar-refractivity contribution in [3.05, 3.63) is 12.5 Å². The Morgan fingerprint density at radius 1 is 1.43 bits per heavy atom. The van der Waals surface area contributed by atoms with Gasteiger partial charge in [0.15, 0.2) is 5.03 Å². The number of piperidine rings is 1. The quantitative estimate of drug-likeness (QED) is 0.876. The number of nitrogens with zero attached hydrogens (tertiary/aromatic N) is 3. The SMILES string of the molecule is CC(C)Cn1cnc(S(=O)(=O)N2CCC(C(=O)O)CC2)c1. The fourth-order valence-corrected chi connectivity index (χ4v) is 3.87. The zero-order chi connectivity index (χ0) is 15.6. The van der Waals surface area contributed by atoms with Gasteiger partial charge in [-0.1, -0.05) is 13.8 Å². The minimum Gasteiger partial charge on any atom is -0.481 e. The number of aromatic nitrogens is 2. The Labute approximate surface area is 124 Å². The maximum atomic E-state index is 12.5. The summed E-state index contributed by atoms with van der Waals surface area (Å²) in [4.78, 5) is 14.9. The third kappa shape index (κ3) is 3.62. The molecule has 7 nitrogen and oxygen atoms in total. The fraction of sp³-hybridized carbons (Fsp3) is 0.692. The number of hydrogen-bond donors (Lipinski definition) is 1. The first-order valence-corrected chi connectivity index (χ1v) is 8.49. The number of aliphatic carboxylic acids is 1. The summed E-state index contributed by atoms with van der Waals surface area (Å²) >= 11 is 0. The molecule has 1 saturated heterocycles. The fourth-order valence-electron chi connectivity index (χ4n) is 2.47. The average molecular weight is 315 g/mol. The maximum Gasteiger partial charge on any atom is 0.306 e. The number of carboxylic acid groups (broad SMARTS) is 1. The standard InChI is InChI=1S/C13H21N3O4S/c1-10(2)7-15-8-12(14-9-15)21(19,20)16-5-3-11(4-6-16)13(17)18/h8-11H,3-7H2,1-2H3,(H,17,18). The van der Waals surface area contributed by atoms with E-state index in [9.17, 15) is 13.2 Å². The van der Waals surface area contributed by atoms with Gasteiger partial charge in [0.05, 0.1) is 12.2 Å². The predicted molar refractivity (Wildman–Crippen MR) is 76.2 cm³/mol. The Morgan fingerprint density at radius 2 is 2.05 bits per heavy atom. The monoisotopic (exact) mass is 315 g/mol. The molecule has 0 unspecified atom stereocenters. The number of imidazole rings is 1. The zero-order valence-electron chi connectivity index (χ0n) is 12.3. The van der Waals surface area contributed by atoms with Gasteiger partial charge < -0.3 is 9.67 Å². The van der Waals surface area contributed by atoms with Crippen molar-refractivity contribution < 1.29 is 18.3 Å². The van der Waals surface area contributed by atoms with Crippen molar-refractivity contribution in [2.75, 3.05) is 13.1 Å². The summed E-state index contributed by atoms with van der Waals surface area (Å²) in [6, 6.07) is 0. The van der Waals surface area contributed by atoms with E-state index in [-0.39, 0.29) is 18.1 Å². The van der Waals surface area contributed by atoms with Crippen molar-refractivity contribution in [3.63, 3.8) is 0 Å². The van der Waals surface area contributed by atoms with Gasteiger partial charge >= 0.3 is 5.97 Å². The summed E-state index contributed by atoms with van der Waals surface area (Å²) < 4.78 is 28.0. The van der Waals surface area contributed by atoms with Gasteiger partial charge in [0.2, 0.25) is 0 Å². The first kappa shape index (κ1) is 16.0. The van der Waals surface area contributed by atoms with Crippen LogP contribution in [0.3, 0.4) is 0 Å². The van der Waals surface area contributed by atoms with Crippen LogP contribution < -0.4 is 0 Å². The van der Waals surface area contributed by atoms with E-state index < -0.39 is 21.9 Å². The van der Waals surface area contributed by atoms with Crippen molar-refractivity contribution in [3.8, 4) is 0 Å². The second-order valence-corrected chi connectivity index (χ2v) is 7.70. The molecule has 0 saturated carbocycles. The summed E-state index contributed by atoms with van der Waals surface area (Å²) in [7, 11) is -3.62. The summed E-state index contributed by atoms with van der Waals surface area (Å²) in [5, 5.41) is 8.99. The molecule has 2 rings (SSSR count). The molecule has 1 aromatic rings. The number of sulfonamides is 1. The molecule has 0 spiro atoms. The molecule has 118 valence electrons. The van der Waals surface area contributed by atoms with E-state index in [1.807, 2.05) is 13.8 Å². The van der Waals surface area contributed by atoms with E-state index in [0.717, 1.165) is 0 Å². The van der Waals surface area contributed by atoms with Gasteiger partial charge in [-0.3, -0.25) is 4.79 Å². The van der Waals surface area contributed by atoms with E-state index in [1.165, 1.54) is 10.6 Å². The molecule has 0 amide bonds. The molecule has 0 bridgehead atoms. The molecule has 1 aliphatic rings. The summed E-state index contributed by atoms with van der Waals surface area (Å²) in [5.41, 5.74) is 0. The summed E-state index contributed by atoms with van der Waals surface area (Å²) in [5.74, 6) is -0.899. The van der Waals surface area contributed by atoms with Crippen LogP contribution in [-0.2, 0) is 21.4 Å². The minimum atomic E-state index is -3.62. The molecule has 0 radical (unpaired) electrons. The highest BCUT2D eigenvalue weighted by molar-refractivity contribution is 7.89. The van der Waals surface area contributed by atoms with E-state index in [0.29, 0.717) is 25.3 Å². The molecule has 1 N–H and O–H groups in total. The van der Waals surface area contributed by atoms with Gasteiger partial charge in [-0.15, -0.1) is 0 Å². The van der Waals surface area contributed by atoms with Crippen molar-refractivity contribution in [1.82, 2.24) is 13.9 Å². The Kier molecular flexibility index (Phi) is 4.67. The zero-order valence-corrected chi connectivity index (χ0v) is 13.1. The van der Waals surface area contributed by atoms with Gasteiger partial charge in [-0.2, -0.15) is 4.31 Å². The lowest BCUT2D eigenvalue weighted by Gasteiger charge is -2.28. The van der Waals surface area contributed by atoms with Gasteiger partial charge in [-0.05, 0) is 18.8 Å². The topological polar surface area (TPSA) is 92.5 Å². The van der Waals surface area contributed by atoms with Crippen LogP contribution in [0.4, 0.5) is 0 Å². The van der Waals surface area contributed by atoms with Gasteiger partial charge in [0, 0.05) is 25.8 Å². The Morgan fingerprint density at radius 3 is 2.57 bits per heavy atom. The first-order chi connectivity index (χ1) is 9.80. The van der Waals surface area contributed by atoms with Crippen LogP contribution >= 0.6 is 0 Å². The lowest BCUT2D eigenvalue weighted by Crippen LogP contribution is -2.40. The second-order valence-electron chi connectivity index (χ2n) is 5.82. The van der Waals surface area contributed by atoms with Gasteiger partial charge in [0.25, 0.3) is 10.0 Å². The van der Waals surface area contributed by atoms with Crippen LogP contribution in [-0.4, -0.2) is 46.4 Å². The Hall–Kier alpha value is -1.41. The van der Waals surface area contributed by atoms with E-state index in [4.69, 9.17) is 5.11 Å². The molecule has 0 aromatic carbocycles. The third-order valence-electron chi connectivity index (χ3n) is 3.59. The normalized spacial score (nSPS) is 18.2. The molecule has 0 aliphatic carbocycles. The van der Waals surface area contributed by atoms with Crippen LogP contribution in [0.1, 0.15) is 26.7 Å². The van der Waals surface area contributed by atoms with Crippen LogP contribution in [0.25, 0.3) is 0 Å². The van der Waals surface area contributed by atoms with Crippen LogP contribution in [0, 0.1) is 11.8 Å². The molecule has 1 aromatic heterocycles. The smallest absolute Gasteiger partial charge is 0.306 e. The predicted octanol–water partition coefficient (Wildman–Crippen LogP) is 1.02. The Balaban J connectivity index is 2.08. The van der Waals surface area contributed by atoms with Gasteiger partial charge in [0.1, 0.15) is 0 Å². The number of carboxylic acids is 1. The van der Waals surface area contributed by atoms with Crippen LogP contribution in [0.15, 0.2) is 17.6 Å². The largest absolute Gasteiger partial charge is 0.481 e. The van der Waals surface area contributed by atoms with Crippen LogP contribution in [0.2, 0.25) is 0 Å². The molecular formula is C13H21N3O4S. The molecule has 8 heteroatoms. The lowest BCUT2D eigenvalue weighted by molar-refractivity contribution is -0.142. The summed E-state index contributed by atoms with van der Waals surface area (Å²) in [6.45, 7) is 5.27. The minimum absolute atomic E-state index is 0.0388. The second kappa shape index (κ2) is 6.15. The van der Waals surface area contributed by atoms with E-state index >= 15 is 0 Å². The highest BCUT2D eigenvalue weighted by atomic mass is 32.2. The third-order valence-corrected chi connectivity index (χ3v) is 5.38. The van der Waals surface area contributed by atoms with Crippen molar-refractivity contribution >= 4 is 16.0 Å². The van der Waals surface area contributed by atoms with Crippen molar-refractivity contribution in [2.45, 2.75) is 38.3 Å². The van der Waals surface area contributed by atoms with Crippen molar-refractivity contribution in [1.29, 1.82) is 0 Å². The lowest BCUT2D eigenvalue weighted by atomic mass is 9.99. The molecule has 2 heterocycles. The molecule has 21 heavy (non-hydrogen) atoms. The number of carbonyl (C=O) groups is 1. The number of rotatable bonds is 5. The van der Waals surface area contributed by atoms with Gasteiger partial charge in [-0.25, -0.2) is 13.4 Å². The van der Waals surface area contributed by atoms with E-state index in [2.05, 4.69) is 4.98 Å². The highest BCUT2D eigenvalue weighted by Crippen LogP contribution is 2.23. The van der Waals surface area contributed by atoms with Crippen LogP contribution in [0.5, 0.6) is 0 Å². The molecular weight excluding hydrogens is 294 g/mol. The first-order valence-electron chi connectivity index (χ1n) is 7.05. The Bertz CT molecular complexity index is 601. The molecule has 1 aliphatic heterocycles. The molecule has 0 atom stereocenters. The molecule has 1 fully saturated rings. The average Bonchev–Trinajstić information content (AvgIpc) is 2.87. The summed E-state index contributed by atoms with van der Waals surface area (Å²) in [6.07, 6.45) is 3.76. The number of hydrogen-bond acceptors (Lipinski definition) is 4. The maximum absolute atomic E-state index is 12.5. The highest BCUT2D eigenvalue weighted by Gasteiger charge is 2.33. The van der Waals surface area contributed by atoms with Crippen molar-refractivity contribution in [2.24, 2.45) is 11.8 Å². The van der Waals surface area contributed by atoms with E-state index in [1.54, 1.807) is 10.8 Å².